The zero-order valence-electron chi connectivity index (χ0n) is 14.3. The molecule has 0 N–H and O–H groups in total. The number of carbonyl (C=O) groups excluding carboxylic acids is 1. The van der Waals surface area contributed by atoms with Gasteiger partial charge in [0.05, 0.1) is 24.3 Å². The molecule has 4 rings (SSSR count). The highest BCUT2D eigenvalue weighted by Gasteiger charge is 2.31. The van der Waals surface area contributed by atoms with Crippen LogP contribution in [-0.2, 0) is 6.54 Å². The van der Waals surface area contributed by atoms with E-state index >= 15 is 0 Å². The van der Waals surface area contributed by atoms with Crippen molar-refractivity contribution < 1.29 is 4.79 Å². The minimum atomic E-state index is 0.0229. The number of likely N-dealkylation sites (tertiary alicyclic amines) is 1. The predicted molar refractivity (Wildman–Crippen MR) is 100 cm³/mol. The van der Waals surface area contributed by atoms with Crippen LogP contribution in [-0.4, -0.2) is 32.1 Å². The van der Waals surface area contributed by atoms with Gasteiger partial charge in [0.15, 0.2) is 0 Å². The third-order valence-corrected chi connectivity index (χ3v) is 5.14. The van der Waals surface area contributed by atoms with Crippen molar-refractivity contribution in [2.45, 2.75) is 25.4 Å². The fraction of sp³-hybridized carbons (Fsp3) is 0.250. The number of hydrogen-bond donors (Lipinski definition) is 0. The third-order valence-electron chi connectivity index (χ3n) is 4.77. The lowest BCUT2D eigenvalue weighted by atomic mass is 10.1. The van der Waals surface area contributed by atoms with Gasteiger partial charge in [0.25, 0.3) is 5.91 Å². The van der Waals surface area contributed by atoms with Crippen LogP contribution in [0.4, 0.5) is 0 Å². The first-order chi connectivity index (χ1) is 12.7. The largest absolute Gasteiger partial charge is 0.332 e. The van der Waals surface area contributed by atoms with Gasteiger partial charge in [-0.25, -0.2) is 0 Å². The van der Waals surface area contributed by atoms with Crippen molar-refractivity contribution in [3.63, 3.8) is 0 Å². The average molecular weight is 367 g/mol. The highest BCUT2D eigenvalue weighted by atomic mass is 35.5. The summed E-state index contributed by atoms with van der Waals surface area (Å²) < 4.78 is 1.76. The van der Waals surface area contributed by atoms with Gasteiger partial charge in [0.2, 0.25) is 0 Å². The molecule has 0 radical (unpaired) electrons. The van der Waals surface area contributed by atoms with Gasteiger partial charge >= 0.3 is 0 Å². The molecule has 1 fully saturated rings. The predicted octanol–water partition coefficient (Wildman–Crippen LogP) is 3.96. The first-order valence-electron chi connectivity index (χ1n) is 8.69. The van der Waals surface area contributed by atoms with Crippen LogP contribution < -0.4 is 0 Å². The van der Waals surface area contributed by atoms with Gasteiger partial charge in [0, 0.05) is 30.2 Å². The van der Waals surface area contributed by atoms with Gasteiger partial charge in [-0.3, -0.25) is 14.5 Å². The van der Waals surface area contributed by atoms with Crippen molar-refractivity contribution in [1.82, 2.24) is 19.7 Å². The van der Waals surface area contributed by atoms with Gasteiger partial charge in [-0.1, -0.05) is 29.8 Å². The second-order valence-corrected chi connectivity index (χ2v) is 6.86. The lowest BCUT2D eigenvalue weighted by molar-refractivity contribution is 0.0735. The van der Waals surface area contributed by atoms with Gasteiger partial charge in [-0.05, 0) is 42.2 Å². The Morgan fingerprint density at radius 2 is 2.00 bits per heavy atom. The quantitative estimate of drug-likeness (QED) is 0.702. The minimum absolute atomic E-state index is 0.0229. The van der Waals surface area contributed by atoms with Crippen molar-refractivity contribution in [3.05, 3.63) is 82.9 Å². The molecule has 1 unspecified atom stereocenters. The molecule has 5 nitrogen and oxygen atoms in total. The number of pyridine rings is 1. The smallest absolute Gasteiger partial charge is 0.257 e. The standard InChI is InChI=1S/C20H19ClN4O/c21-18-5-2-1-4-16(18)13-24-14-17(12-23-24)20(26)25-11-3-6-19(25)15-7-9-22-10-8-15/h1-2,4-5,7-10,12,14,19H,3,6,11,13H2. The Hall–Kier alpha value is -2.66. The van der Waals surface area contributed by atoms with Crippen molar-refractivity contribution >= 4 is 17.5 Å². The Labute approximate surface area is 157 Å². The number of amides is 1. The molecule has 6 heteroatoms. The third kappa shape index (κ3) is 3.35. The van der Waals surface area contributed by atoms with E-state index in [1.54, 1.807) is 29.5 Å². The van der Waals surface area contributed by atoms with Crippen molar-refractivity contribution in [3.8, 4) is 0 Å². The van der Waals surface area contributed by atoms with E-state index in [2.05, 4.69) is 10.1 Å². The van der Waals surface area contributed by atoms with Crippen LogP contribution in [0.15, 0.2) is 61.2 Å². The number of rotatable bonds is 4. The number of halogens is 1. The summed E-state index contributed by atoms with van der Waals surface area (Å²) in [6.07, 6.45) is 8.97. The molecule has 1 aromatic carbocycles. The van der Waals surface area contributed by atoms with Crippen LogP contribution in [0.3, 0.4) is 0 Å². The summed E-state index contributed by atoms with van der Waals surface area (Å²) in [6.45, 7) is 1.31. The summed E-state index contributed by atoms with van der Waals surface area (Å²) in [5.41, 5.74) is 2.72. The number of aromatic nitrogens is 3. The Bertz CT molecular complexity index is 909. The maximum absolute atomic E-state index is 13.0. The van der Waals surface area contributed by atoms with E-state index in [9.17, 15) is 4.79 Å². The summed E-state index contributed by atoms with van der Waals surface area (Å²) in [5.74, 6) is 0.0229. The second kappa shape index (κ2) is 7.30. The number of benzene rings is 1. The molecule has 26 heavy (non-hydrogen) atoms. The topological polar surface area (TPSA) is 51.0 Å². The molecule has 1 saturated heterocycles. The van der Waals surface area contributed by atoms with Crippen molar-refractivity contribution in [2.24, 2.45) is 0 Å². The molecule has 3 heterocycles. The molecule has 0 saturated carbocycles. The maximum atomic E-state index is 13.0. The van der Waals surface area contributed by atoms with E-state index in [0.29, 0.717) is 17.1 Å². The van der Waals surface area contributed by atoms with Gasteiger partial charge < -0.3 is 4.90 Å². The SMILES string of the molecule is O=C(c1cnn(Cc2ccccc2Cl)c1)N1CCCC1c1ccncc1. The van der Waals surface area contributed by atoms with E-state index in [-0.39, 0.29) is 11.9 Å². The fourth-order valence-corrected chi connectivity index (χ4v) is 3.66. The number of nitrogens with zero attached hydrogens (tertiary/aromatic N) is 4. The normalized spacial score (nSPS) is 16.8. The maximum Gasteiger partial charge on any atom is 0.257 e. The van der Waals surface area contributed by atoms with Crippen LogP contribution in [0.2, 0.25) is 5.02 Å². The number of hydrogen-bond acceptors (Lipinski definition) is 3. The average Bonchev–Trinajstić information content (AvgIpc) is 3.33. The van der Waals surface area contributed by atoms with E-state index < -0.39 is 0 Å². The van der Waals surface area contributed by atoms with Crippen LogP contribution in [0.1, 0.15) is 40.4 Å². The monoisotopic (exact) mass is 366 g/mol. The van der Waals surface area contributed by atoms with Gasteiger partial charge in [0.1, 0.15) is 0 Å². The molecular formula is C20H19ClN4O. The molecule has 0 aliphatic carbocycles. The van der Waals surface area contributed by atoms with Gasteiger partial charge in [-0.15, -0.1) is 0 Å². The Morgan fingerprint density at radius 3 is 2.81 bits per heavy atom. The Morgan fingerprint density at radius 1 is 1.19 bits per heavy atom. The zero-order chi connectivity index (χ0) is 17.9. The second-order valence-electron chi connectivity index (χ2n) is 6.46. The lowest BCUT2D eigenvalue weighted by Crippen LogP contribution is -2.30. The summed E-state index contributed by atoms with van der Waals surface area (Å²) >= 11 is 6.21. The summed E-state index contributed by atoms with van der Waals surface area (Å²) in [7, 11) is 0. The molecule has 132 valence electrons. The molecule has 2 aromatic heterocycles. The highest BCUT2D eigenvalue weighted by Crippen LogP contribution is 2.32. The zero-order valence-corrected chi connectivity index (χ0v) is 15.0. The first kappa shape index (κ1) is 16.8. The highest BCUT2D eigenvalue weighted by molar-refractivity contribution is 6.31. The summed E-state index contributed by atoms with van der Waals surface area (Å²) in [4.78, 5) is 19.0. The first-order valence-corrected chi connectivity index (χ1v) is 9.07. The Balaban J connectivity index is 1.52. The van der Waals surface area contributed by atoms with E-state index in [0.717, 1.165) is 30.5 Å². The van der Waals surface area contributed by atoms with Crippen molar-refractivity contribution in [1.29, 1.82) is 0 Å². The van der Waals surface area contributed by atoms with E-state index in [1.807, 2.05) is 41.3 Å². The van der Waals surface area contributed by atoms with Crippen LogP contribution in [0.25, 0.3) is 0 Å². The van der Waals surface area contributed by atoms with Gasteiger partial charge in [-0.2, -0.15) is 5.10 Å². The van der Waals surface area contributed by atoms with E-state index in [1.165, 1.54) is 0 Å². The van der Waals surface area contributed by atoms with Crippen molar-refractivity contribution in [2.75, 3.05) is 6.54 Å². The lowest BCUT2D eigenvalue weighted by Gasteiger charge is -2.24. The summed E-state index contributed by atoms with van der Waals surface area (Å²) in [6, 6.07) is 11.7. The van der Waals surface area contributed by atoms with Crippen LogP contribution >= 0.6 is 11.6 Å². The molecule has 1 amide bonds. The molecular weight excluding hydrogens is 348 g/mol. The Kier molecular flexibility index (Phi) is 4.71. The van der Waals surface area contributed by atoms with E-state index in [4.69, 9.17) is 11.6 Å². The van der Waals surface area contributed by atoms with Crippen LogP contribution in [0.5, 0.6) is 0 Å². The molecule has 0 bridgehead atoms. The molecule has 1 aliphatic heterocycles. The molecule has 3 aromatic rings. The summed E-state index contributed by atoms with van der Waals surface area (Å²) in [5, 5.41) is 5.05. The minimum Gasteiger partial charge on any atom is -0.332 e. The fourth-order valence-electron chi connectivity index (χ4n) is 3.47. The molecule has 1 atom stereocenters. The van der Waals surface area contributed by atoms with Crippen LogP contribution in [0, 0.1) is 0 Å². The molecule has 0 spiro atoms. The molecule has 1 aliphatic rings. The number of carbonyl (C=O) groups is 1.